The standard InChI is InChI=1S/C22H23ClN2O4/c1-3-28-19-11-14-9-10-24-18(17(14)12-20(19)29-4-2)13-21(26)25(22(24)27)16-7-5-15(23)6-8-16/h5-8,11-12,18H,3-4,9-10,13H2,1-2H3/t18-/m0/s1. The molecule has 0 unspecified atom stereocenters. The third-order valence-electron chi connectivity index (χ3n) is 5.30. The second-order valence-electron chi connectivity index (χ2n) is 7.02. The first-order valence-corrected chi connectivity index (χ1v) is 10.2. The average Bonchev–Trinajstić information content (AvgIpc) is 2.70. The number of urea groups is 1. The second-order valence-corrected chi connectivity index (χ2v) is 7.45. The molecular weight excluding hydrogens is 392 g/mol. The number of anilines is 1. The maximum Gasteiger partial charge on any atom is 0.331 e. The lowest BCUT2D eigenvalue weighted by atomic mass is 9.88. The maximum atomic E-state index is 13.2. The molecule has 2 heterocycles. The molecule has 2 aromatic rings. The molecule has 0 aliphatic carbocycles. The molecule has 3 amide bonds. The van der Waals surface area contributed by atoms with Crippen molar-refractivity contribution in [2.24, 2.45) is 0 Å². The zero-order chi connectivity index (χ0) is 20.5. The molecule has 4 rings (SSSR count). The van der Waals surface area contributed by atoms with E-state index in [1.807, 2.05) is 26.0 Å². The minimum Gasteiger partial charge on any atom is -0.490 e. The van der Waals surface area contributed by atoms with Gasteiger partial charge in [0.25, 0.3) is 0 Å². The van der Waals surface area contributed by atoms with Crippen LogP contribution < -0.4 is 14.4 Å². The predicted octanol–water partition coefficient (Wildman–Crippen LogP) is 4.59. The summed E-state index contributed by atoms with van der Waals surface area (Å²) in [5.74, 6) is 1.13. The lowest BCUT2D eigenvalue weighted by molar-refractivity contribution is -0.120. The van der Waals surface area contributed by atoms with Crippen LogP contribution in [-0.4, -0.2) is 36.6 Å². The fraction of sp³-hybridized carbons (Fsp3) is 0.364. The zero-order valence-electron chi connectivity index (χ0n) is 16.5. The van der Waals surface area contributed by atoms with Crippen molar-refractivity contribution in [1.29, 1.82) is 0 Å². The Morgan fingerprint density at radius 3 is 2.34 bits per heavy atom. The van der Waals surface area contributed by atoms with Gasteiger partial charge in [0.1, 0.15) is 0 Å². The highest BCUT2D eigenvalue weighted by Gasteiger charge is 2.43. The largest absolute Gasteiger partial charge is 0.490 e. The molecule has 2 aliphatic heterocycles. The van der Waals surface area contributed by atoms with Crippen LogP contribution in [0.15, 0.2) is 36.4 Å². The van der Waals surface area contributed by atoms with Crippen molar-refractivity contribution in [2.75, 3.05) is 24.7 Å². The number of halogens is 1. The Balaban J connectivity index is 1.69. The number of benzene rings is 2. The van der Waals surface area contributed by atoms with Crippen LogP contribution in [0.3, 0.4) is 0 Å². The van der Waals surface area contributed by atoms with Crippen molar-refractivity contribution < 1.29 is 19.1 Å². The Morgan fingerprint density at radius 1 is 1.03 bits per heavy atom. The van der Waals surface area contributed by atoms with Crippen LogP contribution in [0.5, 0.6) is 11.5 Å². The summed E-state index contributed by atoms with van der Waals surface area (Å²) in [5.41, 5.74) is 2.59. The number of hydrogen-bond donors (Lipinski definition) is 0. The van der Waals surface area contributed by atoms with E-state index in [2.05, 4.69) is 0 Å². The average molecular weight is 415 g/mol. The monoisotopic (exact) mass is 414 g/mol. The first-order valence-electron chi connectivity index (χ1n) is 9.85. The molecule has 2 aliphatic rings. The normalized spacial score (nSPS) is 18.4. The van der Waals surface area contributed by atoms with E-state index in [-0.39, 0.29) is 24.4 Å². The number of carbonyl (C=O) groups excluding carboxylic acids is 2. The third kappa shape index (κ3) is 3.53. The highest BCUT2D eigenvalue weighted by molar-refractivity contribution is 6.30. The van der Waals surface area contributed by atoms with E-state index in [9.17, 15) is 9.59 Å². The SMILES string of the molecule is CCOc1cc2c(cc1OCC)[C@@H]1CC(=O)N(c3ccc(Cl)cc3)C(=O)N1CC2. The van der Waals surface area contributed by atoms with Gasteiger partial charge in [-0.2, -0.15) is 0 Å². The van der Waals surface area contributed by atoms with Crippen molar-refractivity contribution in [3.8, 4) is 11.5 Å². The number of fused-ring (bicyclic) bond motifs is 3. The van der Waals surface area contributed by atoms with Crippen LogP contribution >= 0.6 is 11.6 Å². The number of ether oxygens (including phenoxy) is 2. The molecule has 0 radical (unpaired) electrons. The smallest absolute Gasteiger partial charge is 0.331 e. The molecule has 1 fully saturated rings. The Labute approximate surface area is 174 Å². The summed E-state index contributed by atoms with van der Waals surface area (Å²) in [6.07, 6.45) is 0.924. The first kappa shape index (κ1) is 19.6. The quantitative estimate of drug-likeness (QED) is 0.717. The van der Waals surface area contributed by atoms with E-state index < -0.39 is 0 Å². The number of rotatable bonds is 5. The highest BCUT2D eigenvalue weighted by atomic mass is 35.5. The Kier molecular flexibility index (Phi) is 5.37. The lowest BCUT2D eigenvalue weighted by Gasteiger charge is -2.43. The predicted molar refractivity (Wildman–Crippen MR) is 111 cm³/mol. The molecular formula is C22H23ClN2O4. The van der Waals surface area contributed by atoms with Crippen LogP contribution in [0, 0.1) is 0 Å². The van der Waals surface area contributed by atoms with Gasteiger partial charge in [-0.3, -0.25) is 4.79 Å². The van der Waals surface area contributed by atoms with Gasteiger partial charge in [0, 0.05) is 11.6 Å². The Morgan fingerprint density at radius 2 is 1.69 bits per heavy atom. The number of nitrogens with zero attached hydrogens (tertiary/aromatic N) is 2. The van der Waals surface area contributed by atoms with Gasteiger partial charge in [0.05, 0.1) is 31.4 Å². The molecule has 0 N–H and O–H groups in total. The van der Waals surface area contributed by atoms with Gasteiger partial charge >= 0.3 is 6.03 Å². The van der Waals surface area contributed by atoms with Crippen molar-refractivity contribution in [2.45, 2.75) is 32.7 Å². The maximum absolute atomic E-state index is 13.2. The summed E-state index contributed by atoms with van der Waals surface area (Å²) in [5, 5.41) is 0.559. The lowest BCUT2D eigenvalue weighted by Crippen LogP contribution is -2.55. The summed E-state index contributed by atoms with van der Waals surface area (Å²) >= 11 is 5.95. The van der Waals surface area contributed by atoms with Gasteiger partial charge in [-0.1, -0.05) is 11.6 Å². The first-order chi connectivity index (χ1) is 14.0. The van der Waals surface area contributed by atoms with Gasteiger partial charge in [0.2, 0.25) is 5.91 Å². The fourth-order valence-corrected chi connectivity index (χ4v) is 4.16. The summed E-state index contributed by atoms with van der Waals surface area (Å²) in [6, 6.07) is 10.1. The molecule has 1 saturated heterocycles. The molecule has 0 aromatic heterocycles. The van der Waals surface area contributed by atoms with Gasteiger partial charge < -0.3 is 14.4 Å². The molecule has 2 aromatic carbocycles. The number of hydrogen-bond acceptors (Lipinski definition) is 4. The van der Waals surface area contributed by atoms with Crippen LogP contribution in [0.25, 0.3) is 0 Å². The van der Waals surface area contributed by atoms with E-state index in [4.69, 9.17) is 21.1 Å². The van der Waals surface area contributed by atoms with E-state index >= 15 is 0 Å². The van der Waals surface area contributed by atoms with Gasteiger partial charge in [0.15, 0.2) is 11.5 Å². The minimum absolute atomic E-state index is 0.223. The Hall–Kier alpha value is -2.73. The number of amides is 3. The highest BCUT2D eigenvalue weighted by Crippen LogP contribution is 2.42. The van der Waals surface area contributed by atoms with E-state index in [0.29, 0.717) is 48.4 Å². The summed E-state index contributed by atoms with van der Waals surface area (Å²) in [6.45, 7) is 5.45. The molecule has 0 bridgehead atoms. The van der Waals surface area contributed by atoms with Crippen molar-refractivity contribution >= 4 is 29.2 Å². The van der Waals surface area contributed by atoms with Gasteiger partial charge in [-0.25, -0.2) is 9.69 Å². The van der Waals surface area contributed by atoms with Gasteiger partial charge in [-0.15, -0.1) is 0 Å². The van der Waals surface area contributed by atoms with E-state index in [1.54, 1.807) is 29.2 Å². The molecule has 7 heteroatoms. The topological polar surface area (TPSA) is 59.1 Å². The molecule has 0 saturated carbocycles. The van der Waals surface area contributed by atoms with Crippen molar-refractivity contribution in [3.63, 3.8) is 0 Å². The van der Waals surface area contributed by atoms with Crippen molar-refractivity contribution in [3.05, 3.63) is 52.5 Å². The molecule has 0 spiro atoms. The van der Waals surface area contributed by atoms with E-state index in [0.717, 1.165) is 11.1 Å². The number of carbonyl (C=O) groups is 2. The minimum atomic E-state index is -0.300. The molecule has 29 heavy (non-hydrogen) atoms. The van der Waals surface area contributed by atoms with Crippen LogP contribution in [0.4, 0.5) is 10.5 Å². The summed E-state index contributed by atoms with van der Waals surface area (Å²) in [7, 11) is 0. The van der Waals surface area contributed by atoms with Crippen LogP contribution in [0.1, 0.15) is 37.4 Å². The zero-order valence-corrected chi connectivity index (χ0v) is 17.2. The fourth-order valence-electron chi connectivity index (χ4n) is 4.03. The third-order valence-corrected chi connectivity index (χ3v) is 5.55. The molecule has 1 atom stereocenters. The Bertz CT molecular complexity index is 945. The number of imide groups is 1. The molecule has 6 nitrogen and oxygen atoms in total. The van der Waals surface area contributed by atoms with Crippen molar-refractivity contribution in [1.82, 2.24) is 4.90 Å². The molecule has 152 valence electrons. The second kappa shape index (κ2) is 7.95. The summed E-state index contributed by atoms with van der Waals surface area (Å²) < 4.78 is 11.5. The van der Waals surface area contributed by atoms with Gasteiger partial charge in [-0.05, 0) is 67.8 Å². The van der Waals surface area contributed by atoms with Crippen LogP contribution in [0.2, 0.25) is 5.02 Å². The summed E-state index contributed by atoms with van der Waals surface area (Å²) in [4.78, 5) is 29.1. The van der Waals surface area contributed by atoms with E-state index in [1.165, 1.54) is 4.90 Å². The van der Waals surface area contributed by atoms with Crippen LogP contribution in [-0.2, 0) is 11.2 Å².